The van der Waals surface area contributed by atoms with Crippen LogP contribution in [0.5, 0.6) is 0 Å². The Hall–Kier alpha value is -1.20. The lowest BCUT2D eigenvalue weighted by atomic mass is 10.4. The van der Waals surface area contributed by atoms with Crippen molar-refractivity contribution in [2.45, 2.75) is 13.5 Å². The van der Waals surface area contributed by atoms with Crippen LogP contribution in [-0.2, 0) is 11.3 Å². The van der Waals surface area contributed by atoms with E-state index in [-0.39, 0.29) is 0 Å². The first-order valence-electron chi connectivity index (χ1n) is 5.48. The van der Waals surface area contributed by atoms with Crippen LogP contribution in [0.3, 0.4) is 0 Å². The monoisotopic (exact) mass is 224 g/mol. The number of aromatic nitrogens is 2. The summed E-state index contributed by atoms with van der Waals surface area (Å²) in [6, 6.07) is 0. The van der Waals surface area contributed by atoms with Crippen LogP contribution in [0.15, 0.2) is 12.4 Å². The lowest BCUT2D eigenvalue weighted by Crippen LogP contribution is -2.22. The van der Waals surface area contributed by atoms with E-state index in [0.29, 0.717) is 0 Å². The topological polar surface area (TPSA) is 50.3 Å². The molecule has 0 bridgehead atoms. The zero-order valence-corrected chi connectivity index (χ0v) is 10.2. The van der Waals surface area contributed by atoms with Crippen LogP contribution in [0.1, 0.15) is 12.6 Å². The molecule has 1 N–H and O–H groups in total. The number of methoxy groups -OCH3 is 1. The minimum absolute atomic E-state index is 0.736. The van der Waals surface area contributed by atoms with Gasteiger partial charge in [-0.3, -0.25) is 9.88 Å². The molecule has 1 rings (SSSR count). The van der Waals surface area contributed by atoms with E-state index in [0.717, 1.165) is 37.8 Å². The van der Waals surface area contributed by atoms with Crippen molar-refractivity contribution in [1.82, 2.24) is 14.9 Å². The lowest BCUT2D eigenvalue weighted by molar-refractivity contribution is 0.158. The summed E-state index contributed by atoms with van der Waals surface area (Å²) in [5, 5.41) is 3.12. The molecule has 0 aliphatic rings. The van der Waals surface area contributed by atoms with E-state index >= 15 is 0 Å². The number of hydrogen-bond donors (Lipinski definition) is 1. The highest BCUT2D eigenvalue weighted by atomic mass is 16.5. The Balaban J connectivity index is 2.41. The highest BCUT2D eigenvalue weighted by Gasteiger charge is 2.01. The van der Waals surface area contributed by atoms with Crippen molar-refractivity contribution >= 4 is 5.82 Å². The second-order valence-electron chi connectivity index (χ2n) is 3.65. The largest absolute Gasteiger partial charge is 0.383 e. The molecule has 0 saturated carbocycles. The molecule has 0 aromatic carbocycles. The van der Waals surface area contributed by atoms with E-state index in [1.165, 1.54) is 0 Å². The first kappa shape index (κ1) is 12.9. The Kier molecular flexibility index (Phi) is 5.74. The third-order valence-electron chi connectivity index (χ3n) is 2.17. The van der Waals surface area contributed by atoms with Gasteiger partial charge in [-0.25, -0.2) is 4.98 Å². The van der Waals surface area contributed by atoms with Gasteiger partial charge in [0.05, 0.1) is 24.7 Å². The molecular weight excluding hydrogens is 204 g/mol. The quantitative estimate of drug-likeness (QED) is 0.748. The number of ether oxygens (including phenoxy) is 1. The van der Waals surface area contributed by atoms with Gasteiger partial charge in [-0.2, -0.15) is 0 Å². The maximum atomic E-state index is 5.01. The first-order valence-corrected chi connectivity index (χ1v) is 5.48. The minimum atomic E-state index is 0.736. The maximum absolute atomic E-state index is 5.01. The summed E-state index contributed by atoms with van der Waals surface area (Å²) in [5.41, 5.74) is 0.972. The summed E-state index contributed by atoms with van der Waals surface area (Å²) < 4.78 is 5.01. The van der Waals surface area contributed by atoms with Crippen LogP contribution >= 0.6 is 0 Å². The normalized spacial score (nSPS) is 10.8. The summed E-state index contributed by atoms with van der Waals surface area (Å²) in [6.07, 6.45) is 3.57. The Morgan fingerprint density at radius 3 is 2.75 bits per heavy atom. The van der Waals surface area contributed by atoms with Gasteiger partial charge in [-0.15, -0.1) is 0 Å². The van der Waals surface area contributed by atoms with Gasteiger partial charge in [-0.1, -0.05) is 0 Å². The molecule has 0 fully saturated rings. The molecule has 0 amide bonds. The molecule has 0 atom stereocenters. The highest BCUT2D eigenvalue weighted by molar-refractivity contribution is 5.30. The van der Waals surface area contributed by atoms with Crippen molar-refractivity contribution in [2.75, 3.05) is 39.2 Å². The van der Waals surface area contributed by atoms with E-state index in [9.17, 15) is 0 Å². The first-order chi connectivity index (χ1) is 7.76. The van der Waals surface area contributed by atoms with Gasteiger partial charge in [0.1, 0.15) is 5.82 Å². The molecule has 1 heterocycles. The van der Waals surface area contributed by atoms with Gasteiger partial charge in [0.2, 0.25) is 0 Å². The van der Waals surface area contributed by atoms with Gasteiger partial charge in [0, 0.05) is 26.7 Å². The van der Waals surface area contributed by atoms with Crippen LogP contribution in [0.4, 0.5) is 5.82 Å². The van der Waals surface area contributed by atoms with Crippen molar-refractivity contribution < 1.29 is 4.74 Å². The molecule has 0 aliphatic carbocycles. The average Bonchev–Trinajstić information content (AvgIpc) is 2.29. The minimum Gasteiger partial charge on any atom is -0.383 e. The molecule has 0 spiro atoms. The third-order valence-corrected chi connectivity index (χ3v) is 2.17. The molecule has 5 nitrogen and oxygen atoms in total. The predicted octanol–water partition coefficient (Wildman–Crippen LogP) is 0.987. The number of nitrogens with one attached hydrogen (secondary N) is 1. The molecule has 1 aromatic heterocycles. The van der Waals surface area contributed by atoms with Gasteiger partial charge < -0.3 is 10.1 Å². The molecule has 0 unspecified atom stereocenters. The summed E-state index contributed by atoms with van der Waals surface area (Å²) in [5.74, 6) is 0.825. The van der Waals surface area contributed by atoms with Gasteiger partial charge in [0.15, 0.2) is 0 Å². The Labute approximate surface area is 96.8 Å². The highest BCUT2D eigenvalue weighted by Crippen LogP contribution is 2.02. The molecule has 5 heteroatoms. The van der Waals surface area contributed by atoms with E-state index in [1.807, 2.05) is 14.0 Å². The Bertz CT molecular complexity index is 289. The van der Waals surface area contributed by atoms with Crippen LogP contribution in [-0.4, -0.2) is 48.7 Å². The number of anilines is 1. The molecule has 0 saturated heterocycles. The average molecular weight is 224 g/mol. The van der Waals surface area contributed by atoms with Gasteiger partial charge in [-0.05, 0) is 14.0 Å². The second-order valence-corrected chi connectivity index (χ2v) is 3.65. The standard InChI is InChI=1S/C11H20N4O/c1-4-12-11-8-13-10(7-14-11)9-15(2)5-6-16-3/h7-8H,4-6,9H2,1-3H3,(H,12,14). The zero-order valence-electron chi connectivity index (χ0n) is 10.2. The van der Waals surface area contributed by atoms with Gasteiger partial charge >= 0.3 is 0 Å². The Morgan fingerprint density at radius 2 is 2.19 bits per heavy atom. The summed E-state index contributed by atoms with van der Waals surface area (Å²) >= 11 is 0. The fourth-order valence-corrected chi connectivity index (χ4v) is 1.31. The van der Waals surface area contributed by atoms with E-state index in [4.69, 9.17) is 4.74 Å². The SMILES string of the molecule is CCNc1cnc(CN(C)CCOC)cn1. The van der Waals surface area contributed by atoms with Crippen LogP contribution in [0.2, 0.25) is 0 Å². The van der Waals surface area contributed by atoms with Crippen molar-refractivity contribution in [3.8, 4) is 0 Å². The van der Waals surface area contributed by atoms with Crippen molar-refractivity contribution in [3.05, 3.63) is 18.1 Å². The number of likely N-dealkylation sites (N-methyl/N-ethyl adjacent to an activating group) is 1. The van der Waals surface area contributed by atoms with E-state index in [1.54, 1.807) is 19.5 Å². The number of rotatable bonds is 7. The lowest BCUT2D eigenvalue weighted by Gasteiger charge is -2.15. The zero-order chi connectivity index (χ0) is 11.8. The molecule has 1 aromatic rings. The molecule has 0 radical (unpaired) electrons. The van der Waals surface area contributed by atoms with Crippen LogP contribution in [0.25, 0.3) is 0 Å². The third kappa shape index (κ3) is 4.55. The molecule has 0 aliphatic heterocycles. The maximum Gasteiger partial charge on any atom is 0.144 e. The Morgan fingerprint density at radius 1 is 1.38 bits per heavy atom. The van der Waals surface area contributed by atoms with Crippen molar-refractivity contribution in [2.24, 2.45) is 0 Å². The van der Waals surface area contributed by atoms with Crippen molar-refractivity contribution in [3.63, 3.8) is 0 Å². The molecular formula is C11H20N4O. The fraction of sp³-hybridized carbons (Fsp3) is 0.636. The van der Waals surface area contributed by atoms with Crippen LogP contribution in [0, 0.1) is 0 Å². The smallest absolute Gasteiger partial charge is 0.144 e. The number of hydrogen-bond acceptors (Lipinski definition) is 5. The fourth-order valence-electron chi connectivity index (χ4n) is 1.31. The predicted molar refractivity (Wildman–Crippen MR) is 64.4 cm³/mol. The van der Waals surface area contributed by atoms with Gasteiger partial charge in [0.25, 0.3) is 0 Å². The molecule has 16 heavy (non-hydrogen) atoms. The summed E-state index contributed by atoms with van der Waals surface area (Å²) in [7, 11) is 3.75. The second kappa shape index (κ2) is 7.14. The van der Waals surface area contributed by atoms with E-state index in [2.05, 4.69) is 20.2 Å². The molecule has 90 valence electrons. The number of nitrogens with zero attached hydrogens (tertiary/aromatic N) is 3. The van der Waals surface area contributed by atoms with Crippen molar-refractivity contribution in [1.29, 1.82) is 0 Å². The summed E-state index contributed by atoms with van der Waals surface area (Å²) in [4.78, 5) is 10.8. The van der Waals surface area contributed by atoms with Crippen LogP contribution < -0.4 is 5.32 Å². The van der Waals surface area contributed by atoms with E-state index < -0.39 is 0 Å². The summed E-state index contributed by atoms with van der Waals surface area (Å²) in [6.45, 7) is 5.32.